The maximum absolute atomic E-state index is 14.5. The lowest BCUT2D eigenvalue weighted by atomic mass is 10.3. The maximum atomic E-state index is 14.5. The van der Waals surface area contributed by atoms with E-state index in [1.807, 2.05) is 0 Å². The van der Waals surface area contributed by atoms with Gasteiger partial charge in [-0.25, -0.2) is 14.4 Å². The molecule has 0 aromatic carbocycles. The lowest BCUT2D eigenvalue weighted by Crippen LogP contribution is -2.12. The molecule has 0 aliphatic heterocycles. The van der Waals surface area contributed by atoms with Crippen LogP contribution in [0.15, 0.2) is 16.9 Å². The number of aromatic nitrogens is 4. The van der Waals surface area contributed by atoms with Crippen LogP contribution in [-0.4, -0.2) is 41.8 Å². The third kappa shape index (κ3) is 3.11. The highest BCUT2D eigenvalue weighted by molar-refractivity contribution is 7.51. The van der Waals surface area contributed by atoms with Crippen LogP contribution < -0.4 is 5.56 Å². The molecule has 23 heavy (non-hydrogen) atoms. The molecule has 3 rings (SSSR count). The van der Waals surface area contributed by atoms with Crippen LogP contribution >= 0.6 is 7.60 Å². The van der Waals surface area contributed by atoms with Crippen molar-refractivity contribution in [3.05, 3.63) is 28.3 Å². The van der Waals surface area contributed by atoms with E-state index in [2.05, 4.69) is 15.0 Å². The van der Waals surface area contributed by atoms with Gasteiger partial charge in [0.15, 0.2) is 11.2 Å². The summed E-state index contributed by atoms with van der Waals surface area (Å²) in [6.07, 6.45) is -0.0648. The van der Waals surface area contributed by atoms with Gasteiger partial charge in [0.05, 0.1) is 5.70 Å². The minimum atomic E-state index is -4.37. The molecule has 1 atom stereocenters. The number of H-pyrrole nitrogens is 1. The number of imidazole rings is 1. The Morgan fingerprint density at radius 2 is 2.30 bits per heavy atom. The standard InChI is InChI=1S/C12H14FN4O5P/c1-6-15-11-10(12(18)16-6)14-4-17(11)7-2-3-8(9(7)13)22-5-23(19,20)21/h4,8H,2-3,5H2,1H3,(H,15,16,18)(H2,19,20,21)/t8-/m0/s1. The molecule has 0 unspecified atom stereocenters. The van der Waals surface area contributed by atoms with Crippen molar-refractivity contribution in [2.24, 2.45) is 0 Å². The lowest BCUT2D eigenvalue weighted by molar-refractivity contribution is 0.0864. The van der Waals surface area contributed by atoms with Crippen LogP contribution in [0.3, 0.4) is 0 Å². The van der Waals surface area contributed by atoms with E-state index in [9.17, 15) is 13.8 Å². The third-order valence-corrected chi connectivity index (χ3v) is 3.95. The van der Waals surface area contributed by atoms with Gasteiger partial charge in [0.1, 0.15) is 30.4 Å². The van der Waals surface area contributed by atoms with E-state index < -0.39 is 31.4 Å². The van der Waals surface area contributed by atoms with Crippen LogP contribution in [0.25, 0.3) is 16.9 Å². The highest BCUT2D eigenvalue weighted by atomic mass is 31.2. The fourth-order valence-corrected chi connectivity index (χ4v) is 2.87. The highest BCUT2D eigenvalue weighted by Crippen LogP contribution is 2.39. The van der Waals surface area contributed by atoms with Crippen LogP contribution in [0.2, 0.25) is 0 Å². The molecule has 0 amide bonds. The van der Waals surface area contributed by atoms with Gasteiger partial charge in [0.25, 0.3) is 5.56 Å². The van der Waals surface area contributed by atoms with Gasteiger partial charge in [-0.3, -0.25) is 13.9 Å². The van der Waals surface area contributed by atoms with Gasteiger partial charge in [-0.05, 0) is 19.8 Å². The first-order valence-corrected chi connectivity index (χ1v) is 8.55. The van der Waals surface area contributed by atoms with Crippen LogP contribution in [0, 0.1) is 6.92 Å². The van der Waals surface area contributed by atoms with Crippen molar-refractivity contribution in [3.8, 4) is 0 Å². The SMILES string of the molecule is Cc1nc2c(ncn2C2=C(F)[C@@H](OCP(=O)(O)O)CC2)c(=O)[nH]1. The largest absolute Gasteiger partial charge is 0.358 e. The Labute approximate surface area is 129 Å². The van der Waals surface area contributed by atoms with Gasteiger partial charge in [-0.15, -0.1) is 0 Å². The van der Waals surface area contributed by atoms with Crippen molar-refractivity contribution in [3.63, 3.8) is 0 Å². The average Bonchev–Trinajstić information content (AvgIpc) is 2.99. The summed E-state index contributed by atoms with van der Waals surface area (Å²) in [5.41, 5.74) is 0.128. The Morgan fingerprint density at radius 1 is 1.57 bits per heavy atom. The Bertz CT molecular complexity index is 898. The highest BCUT2D eigenvalue weighted by Gasteiger charge is 2.31. The molecule has 2 aromatic rings. The summed E-state index contributed by atoms with van der Waals surface area (Å²) in [7, 11) is -4.37. The molecule has 9 nitrogen and oxygen atoms in total. The summed E-state index contributed by atoms with van der Waals surface area (Å²) in [4.78, 5) is 40.0. The number of nitrogens with one attached hydrogen (secondary N) is 1. The topological polar surface area (TPSA) is 130 Å². The van der Waals surface area contributed by atoms with Crippen molar-refractivity contribution in [2.75, 3.05) is 6.35 Å². The summed E-state index contributed by atoms with van der Waals surface area (Å²) in [5, 5.41) is 0. The summed E-state index contributed by atoms with van der Waals surface area (Å²) in [6.45, 7) is 1.60. The van der Waals surface area contributed by atoms with Gasteiger partial charge < -0.3 is 19.5 Å². The molecule has 0 fully saturated rings. The minimum Gasteiger partial charge on any atom is -0.358 e. The molecule has 0 saturated carbocycles. The first kappa shape index (κ1) is 16.0. The van der Waals surface area contributed by atoms with Crippen molar-refractivity contribution in [1.82, 2.24) is 19.5 Å². The predicted molar refractivity (Wildman–Crippen MR) is 78.2 cm³/mol. The maximum Gasteiger partial charge on any atom is 0.351 e. The zero-order chi connectivity index (χ0) is 16.8. The fourth-order valence-electron chi connectivity index (χ4n) is 2.50. The molecule has 11 heteroatoms. The minimum absolute atomic E-state index is 0.0930. The second kappa shape index (κ2) is 5.64. The first-order chi connectivity index (χ1) is 10.8. The van der Waals surface area contributed by atoms with Gasteiger partial charge in [-0.2, -0.15) is 0 Å². The summed E-state index contributed by atoms with van der Waals surface area (Å²) in [6, 6.07) is 0. The Kier molecular flexibility index (Phi) is 3.93. The number of hydrogen-bond acceptors (Lipinski definition) is 5. The lowest BCUT2D eigenvalue weighted by Gasteiger charge is -2.11. The van der Waals surface area contributed by atoms with Gasteiger partial charge in [-0.1, -0.05) is 0 Å². The second-order valence-corrected chi connectivity index (χ2v) is 6.81. The summed E-state index contributed by atoms with van der Waals surface area (Å²) in [5.74, 6) is -0.268. The first-order valence-electron chi connectivity index (χ1n) is 6.75. The third-order valence-electron chi connectivity index (χ3n) is 3.46. The van der Waals surface area contributed by atoms with E-state index >= 15 is 0 Å². The Balaban J connectivity index is 1.97. The van der Waals surface area contributed by atoms with Crippen LogP contribution in [0.5, 0.6) is 0 Å². The Morgan fingerprint density at radius 3 is 3.00 bits per heavy atom. The van der Waals surface area contributed by atoms with E-state index in [1.54, 1.807) is 6.92 Å². The van der Waals surface area contributed by atoms with Gasteiger partial charge in [0.2, 0.25) is 0 Å². The Hall–Kier alpha value is -1.87. The van der Waals surface area contributed by atoms with E-state index in [-0.39, 0.29) is 29.7 Å². The van der Waals surface area contributed by atoms with E-state index in [0.717, 1.165) is 0 Å². The molecule has 0 saturated heterocycles. The monoisotopic (exact) mass is 344 g/mol. The number of aryl methyl sites for hydroxylation is 1. The zero-order valence-corrected chi connectivity index (χ0v) is 13.0. The number of allylic oxidation sites excluding steroid dienone is 1. The number of halogens is 1. The summed E-state index contributed by atoms with van der Waals surface area (Å²) < 4.78 is 31.6. The zero-order valence-electron chi connectivity index (χ0n) is 12.1. The van der Waals surface area contributed by atoms with Crippen molar-refractivity contribution >= 4 is 24.5 Å². The quantitative estimate of drug-likeness (QED) is 0.702. The number of rotatable bonds is 4. The fraction of sp³-hybridized carbons (Fsp3) is 0.417. The molecular formula is C12H14FN4O5P. The molecule has 0 spiro atoms. The predicted octanol–water partition coefficient (Wildman–Crippen LogP) is 0.880. The molecule has 1 aliphatic carbocycles. The molecule has 0 radical (unpaired) electrons. The van der Waals surface area contributed by atoms with Crippen molar-refractivity contribution in [1.29, 1.82) is 0 Å². The number of hydrogen-bond donors (Lipinski definition) is 3. The van der Waals surface area contributed by atoms with E-state index in [1.165, 1.54) is 10.9 Å². The average molecular weight is 344 g/mol. The number of aromatic amines is 1. The smallest absolute Gasteiger partial charge is 0.351 e. The molecule has 0 bridgehead atoms. The van der Waals surface area contributed by atoms with E-state index in [0.29, 0.717) is 5.82 Å². The summed E-state index contributed by atoms with van der Waals surface area (Å²) >= 11 is 0. The normalized spacial score (nSPS) is 19.0. The van der Waals surface area contributed by atoms with Gasteiger partial charge in [0, 0.05) is 0 Å². The molecule has 124 valence electrons. The number of nitrogens with zero attached hydrogens (tertiary/aromatic N) is 3. The van der Waals surface area contributed by atoms with Crippen LogP contribution in [0.1, 0.15) is 18.7 Å². The van der Waals surface area contributed by atoms with Gasteiger partial charge >= 0.3 is 7.60 Å². The van der Waals surface area contributed by atoms with Crippen molar-refractivity contribution < 1.29 is 23.5 Å². The molecule has 2 aromatic heterocycles. The number of ether oxygens (including phenoxy) is 1. The molecule has 1 aliphatic rings. The van der Waals surface area contributed by atoms with Crippen molar-refractivity contribution in [2.45, 2.75) is 25.9 Å². The van der Waals surface area contributed by atoms with E-state index in [4.69, 9.17) is 14.5 Å². The van der Waals surface area contributed by atoms with Crippen LogP contribution in [0.4, 0.5) is 4.39 Å². The number of fused-ring (bicyclic) bond motifs is 1. The second-order valence-electron chi connectivity index (χ2n) is 5.22. The molecule has 2 heterocycles. The molecule has 3 N–H and O–H groups in total. The molecular weight excluding hydrogens is 330 g/mol. The van der Waals surface area contributed by atoms with Crippen LogP contribution in [-0.2, 0) is 9.30 Å².